The van der Waals surface area contributed by atoms with Crippen LogP contribution in [0.15, 0.2) is 66.7 Å². The number of alkyl halides is 3. The third-order valence-electron chi connectivity index (χ3n) is 6.40. The Balaban J connectivity index is 2.11. The maximum atomic E-state index is 14.0. The monoisotopic (exact) mass is 677 g/mol. The molecule has 0 unspecified atom stereocenters. The number of carbonyl (C=O) groups is 2. The second-order valence-corrected chi connectivity index (χ2v) is 12.8. The van der Waals surface area contributed by atoms with Crippen LogP contribution in [-0.4, -0.2) is 50.5 Å². The van der Waals surface area contributed by atoms with Crippen molar-refractivity contribution in [1.29, 1.82) is 0 Å². The number of benzene rings is 3. The standard InChI is InChI=1S/C29H29Cl3F3N3O4S/c1-3-13-36-28(40)26(14-19-7-5-4-6-8-19)37(17-20-9-10-21(30)15-25(20)32)27(39)18-38(43(2,41)42)22-11-12-24(31)23(16-22)29(33,34)35/h4-12,15-16,26H,3,13-14,17-18H2,1-2H3,(H,36,40)/t26-/m1/s1. The van der Waals surface area contributed by atoms with Crippen LogP contribution in [0.4, 0.5) is 18.9 Å². The molecule has 3 aromatic rings. The van der Waals surface area contributed by atoms with Crippen molar-refractivity contribution in [3.8, 4) is 0 Å². The Kier molecular flexibility index (Phi) is 11.8. The smallest absolute Gasteiger partial charge is 0.354 e. The molecule has 232 valence electrons. The van der Waals surface area contributed by atoms with E-state index in [1.807, 2.05) is 6.92 Å². The van der Waals surface area contributed by atoms with Gasteiger partial charge in [0.1, 0.15) is 12.6 Å². The number of hydrogen-bond acceptors (Lipinski definition) is 4. The fraction of sp³-hybridized carbons (Fsp3) is 0.310. The molecule has 3 rings (SSSR count). The van der Waals surface area contributed by atoms with Gasteiger partial charge >= 0.3 is 6.18 Å². The molecule has 0 radical (unpaired) electrons. The Morgan fingerprint density at radius 3 is 2.21 bits per heavy atom. The summed E-state index contributed by atoms with van der Waals surface area (Å²) in [6, 6.07) is 14.8. The second kappa shape index (κ2) is 14.7. The summed E-state index contributed by atoms with van der Waals surface area (Å²) in [5.74, 6) is -1.35. The number of rotatable bonds is 12. The van der Waals surface area contributed by atoms with Crippen LogP contribution in [0.25, 0.3) is 0 Å². The molecule has 0 saturated heterocycles. The normalized spacial score (nSPS) is 12.5. The Morgan fingerprint density at radius 1 is 0.953 bits per heavy atom. The fourth-order valence-electron chi connectivity index (χ4n) is 4.25. The van der Waals surface area contributed by atoms with Crippen LogP contribution in [0.5, 0.6) is 0 Å². The van der Waals surface area contributed by atoms with E-state index in [2.05, 4.69) is 5.32 Å². The Bertz CT molecular complexity index is 1560. The zero-order chi connectivity index (χ0) is 31.9. The van der Waals surface area contributed by atoms with Crippen molar-refractivity contribution < 1.29 is 31.2 Å². The third-order valence-corrected chi connectivity index (χ3v) is 8.46. The number of nitrogens with zero attached hydrogens (tertiary/aromatic N) is 2. The average molecular weight is 679 g/mol. The van der Waals surface area contributed by atoms with Gasteiger partial charge in [-0.15, -0.1) is 0 Å². The number of halogens is 6. The zero-order valence-corrected chi connectivity index (χ0v) is 26.3. The summed E-state index contributed by atoms with van der Waals surface area (Å²) in [6.07, 6.45) is -3.44. The summed E-state index contributed by atoms with van der Waals surface area (Å²) in [7, 11) is -4.30. The van der Waals surface area contributed by atoms with Crippen molar-refractivity contribution in [2.45, 2.75) is 38.5 Å². The van der Waals surface area contributed by atoms with E-state index in [-0.39, 0.29) is 18.0 Å². The lowest BCUT2D eigenvalue weighted by Gasteiger charge is -2.33. The molecule has 0 heterocycles. The molecule has 1 N–H and O–H groups in total. The lowest BCUT2D eigenvalue weighted by molar-refractivity contribution is -0.140. The van der Waals surface area contributed by atoms with Gasteiger partial charge in [0.05, 0.1) is 22.5 Å². The molecule has 14 heteroatoms. The van der Waals surface area contributed by atoms with E-state index >= 15 is 0 Å². The predicted octanol–water partition coefficient (Wildman–Crippen LogP) is 6.60. The van der Waals surface area contributed by atoms with Crippen molar-refractivity contribution in [1.82, 2.24) is 10.2 Å². The fourth-order valence-corrected chi connectivity index (χ4v) is 5.79. The van der Waals surface area contributed by atoms with E-state index in [1.165, 1.54) is 11.0 Å². The molecular formula is C29H29Cl3F3N3O4S. The van der Waals surface area contributed by atoms with Gasteiger partial charge in [0.25, 0.3) is 0 Å². The topological polar surface area (TPSA) is 86.8 Å². The van der Waals surface area contributed by atoms with Crippen molar-refractivity contribution in [3.05, 3.63) is 98.5 Å². The molecule has 7 nitrogen and oxygen atoms in total. The minimum absolute atomic E-state index is 0.0609. The van der Waals surface area contributed by atoms with Gasteiger partial charge in [-0.3, -0.25) is 13.9 Å². The molecule has 0 spiro atoms. The molecule has 0 saturated carbocycles. The highest BCUT2D eigenvalue weighted by Gasteiger charge is 2.36. The van der Waals surface area contributed by atoms with Crippen molar-refractivity contribution in [2.24, 2.45) is 0 Å². The number of hydrogen-bond donors (Lipinski definition) is 1. The van der Waals surface area contributed by atoms with Crippen LogP contribution in [0.3, 0.4) is 0 Å². The van der Waals surface area contributed by atoms with Gasteiger partial charge in [-0.25, -0.2) is 8.42 Å². The number of amides is 2. The van der Waals surface area contributed by atoms with Crippen LogP contribution < -0.4 is 9.62 Å². The molecular weight excluding hydrogens is 650 g/mol. The van der Waals surface area contributed by atoms with E-state index in [9.17, 15) is 31.2 Å². The summed E-state index contributed by atoms with van der Waals surface area (Å²) < 4.78 is 67.0. The Morgan fingerprint density at radius 2 is 1.63 bits per heavy atom. The predicted molar refractivity (Wildman–Crippen MR) is 163 cm³/mol. The minimum atomic E-state index is -4.88. The first kappa shape index (κ1) is 34.5. The van der Waals surface area contributed by atoms with Crippen LogP contribution in [0.2, 0.25) is 15.1 Å². The van der Waals surface area contributed by atoms with E-state index < -0.39 is 56.9 Å². The molecule has 2 amide bonds. The lowest BCUT2D eigenvalue weighted by Crippen LogP contribution is -2.53. The van der Waals surface area contributed by atoms with E-state index in [4.69, 9.17) is 34.8 Å². The van der Waals surface area contributed by atoms with Crippen molar-refractivity contribution >= 4 is 62.3 Å². The SMILES string of the molecule is CCCNC(=O)[C@@H](Cc1ccccc1)N(Cc1ccc(Cl)cc1Cl)C(=O)CN(c1ccc(Cl)c(C(F)(F)F)c1)S(C)(=O)=O. The summed E-state index contributed by atoms with van der Waals surface area (Å²) in [5.41, 5.74) is -0.560. The first-order valence-corrected chi connectivity index (χ1v) is 16.0. The molecule has 1 atom stereocenters. The van der Waals surface area contributed by atoms with Gasteiger partial charge in [-0.2, -0.15) is 13.2 Å². The number of anilines is 1. The van der Waals surface area contributed by atoms with Crippen LogP contribution in [0, 0.1) is 0 Å². The molecule has 0 aliphatic heterocycles. The molecule has 0 aliphatic carbocycles. The first-order chi connectivity index (χ1) is 20.1. The van der Waals surface area contributed by atoms with E-state index in [0.29, 0.717) is 39.5 Å². The Labute approximate surface area is 263 Å². The third kappa shape index (κ3) is 9.50. The molecule has 0 fully saturated rings. The second-order valence-electron chi connectivity index (χ2n) is 9.69. The number of sulfonamides is 1. The highest BCUT2D eigenvalue weighted by Crippen LogP contribution is 2.37. The van der Waals surface area contributed by atoms with E-state index in [1.54, 1.807) is 42.5 Å². The van der Waals surface area contributed by atoms with Gasteiger partial charge in [-0.05, 0) is 47.9 Å². The lowest BCUT2D eigenvalue weighted by atomic mass is 10.0. The Hall–Kier alpha value is -2.99. The maximum Gasteiger partial charge on any atom is 0.417 e. The van der Waals surface area contributed by atoms with Crippen LogP contribution in [0.1, 0.15) is 30.0 Å². The molecule has 43 heavy (non-hydrogen) atoms. The van der Waals surface area contributed by atoms with Gasteiger partial charge in [0.2, 0.25) is 21.8 Å². The zero-order valence-electron chi connectivity index (χ0n) is 23.2. The van der Waals surface area contributed by atoms with Crippen molar-refractivity contribution in [3.63, 3.8) is 0 Å². The van der Waals surface area contributed by atoms with E-state index in [0.717, 1.165) is 18.4 Å². The maximum absolute atomic E-state index is 14.0. The largest absolute Gasteiger partial charge is 0.417 e. The summed E-state index contributed by atoms with van der Waals surface area (Å²) in [4.78, 5) is 28.7. The number of nitrogens with one attached hydrogen (secondary N) is 1. The first-order valence-electron chi connectivity index (χ1n) is 13.0. The number of carbonyl (C=O) groups excluding carboxylic acids is 2. The molecule has 0 aliphatic rings. The van der Waals surface area contributed by atoms with Crippen LogP contribution in [-0.2, 0) is 38.8 Å². The summed E-state index contributed by atoms with van der Waals surface area (Å²) >= 11 is 18.2. The molecule has 0 bridgehead atoms. The van der Waals surface area contributed by atoms with Crippen LogP contribution >= 0.6 is 34.8 Å². The summed E-state index contributed by atoms with van der Waals surface area (Å²) in [5, 5.41) is 2.68. The van der Waals surface area contributed by atoms with Gasteiger partial charge < -0.3 is 10.2 Å². The summed E-state index contributed by atoms with van der Waals surface area (Å²) in [6.45, 7) is 1.04. The minimum Gasteiger partial charge on any atom is -0.354 e. The van der Waals surface area contributed by atoms with Crippen molar-refractivity contribution in [2.75, 3.05) is 23.7 Å². The quantitative estimate of drug-likeness (QED) is 0.234. The highest BCUT2D eigenvalue weighted by molar-refractivity contribution is 7.92. The highest BCUT2D eigenvalue weighted by atomic mass is 35.5. The average Bonchev–Trinajstić information content (AvgIpc) is 2.93. The van der Waals surface area contributed by atoms with Gasteiger partial charge in [0.15, 0.2) is 0 Å². The molecule has 0 aromatic heterocycles. The molecule has 3 aromatic carbocycles. The van der Waals surface area contributed by atoms with Gasteiger partial charge in [-0.1, -0.05) is 78.1 Å². The van der Waals surface area contributed by atoms with Gasteiger partial charge in [0, 0.05) is 29.6 Å².